The molecule has 2 heterocycles. The van der Waals surface area contributed by atoms with Gasteiger partial charge in [0.2, 0.25) is 0 Å². The zero-order valence-electron chi connectivity index (χ0n) is 39.9. The quantitative estimate of drug-likeness (QED) is 0.157. The van der Waals surface area contributed by atoms with Crippen LogP contribution in [0.4, 0.5) is 13.2 Å². The van der Waals surface area contributed by atoms with E-state index in [-0.39, 0.29) is 16.7 Å². The molecule has 76 heavy (non-hydrogen) atoms. The van der Waals surface area contributed by atoms with Crippen molar-refractivity contribution in [2.75, 3.05) is 0 Å². The van der Waals surface area contributed by atoms with Crippen molar-refractivity contribution in [1.82, 2.24) is 9.13 Å². The second-order valence-corrected chi connectivity index (χ2v) is 18.4. The summed E-state index contributed by atoms with van der Waals surface area (Å²) in [6, 6.07) is 73.1. The summed E-state index contributed by atoms with van der Waals surface area (Å²) in [4.78, 5) is 0. The highest BCUT2D eigenvalue weighted by Gasteiger charge is 2.33. The number of hydrogen-bond acceptors (Lipinski definition) is 5. The van der Waals surface area contributed by atoms with Gasteiger partial charge in [0.05, 0.1) is 97.2 Å². The molecule has 12 aromatic rings. The minimum atomic E-state index is -4.75. The first-order valence-corrected chi connectivity index (χ1v) is 24.0. The van der Waals surface area contributed by atoms with E-state index in [2.05, 4.69) is 42.5 Å². The van der Waals surface area contributed by atoms with Crippen LogP contribution in [0.1, 0.15) is 33.4 Å². The van der Waals surface area contributed by atoms with Crippen molar-refractivity contribution in [3.63, 3.8) is 0 Å². The van der Waals surface area contributed by atoms with Crippen molar-refractivity contribution < 1.29 is 13.2 Å². The van der Waals surface area contributed by atoms with Crippen molar-refractivity contribution in [3.8, 4) is 97.4 Å². The topological polar surface area (TPSA) is 129 Å². The number of nitrogens with zero attached hydrogens (tertiary/aromatic N) is 7. The van der Waals surface area contributed by atoms with Crippen LogP contribution in [0, 0.1) is 56.7 Å². The van der Waals surface area contributed by atoms with E-state index < -0.39 is 11.7 Å². The maximum Gasteiger partial charge on any atom is 0.416 e. The van der Waals surface area contributed by atoms with Crippen LogP contribution >= 0.6 is 0 Å². The summed E-state index contributed by atoms with van der Waals surface area (Å²) in [5.41, 5.74) is 12.5. The third kappa shape index (κ3) is 7.83. The smallest absolute Gasteiger partial charge is 0.309 e. The molecule has 0 spiro atoms. The molecule has 0 amide bonds. The van der Waals surface area contributed by atoms with Crippen molar-refractivity contribution in [2.24, 2.45) is 0 Å². The van der Waals surface area contributed by atoms with Crippen LogP contribution < -0.4 is 0 Å². The Morgan fingerprint density at radius 3 is 0.961 bits per heavy atom. The van der Waals surface area contributed by atoms with Crippen LogP contribution in [-0.2, 0) is 6.18 Å². The van der Waals surface area contributed by atoms with Gasteiger partial charge in [0, 0.05) is 32.7 Å². The molecular formula is C66H34F3N7. The number of rotatable bonds is 7. The molecule has 2 aromatic heterocycles. The minimum Gasteiger partial charge on any atom is -0.309 e. The zero-order valence-corrected chi connectivity index (χ0v) is 39.9. The van der Waals surface area contributed by atoms with Gasteiger partial charge in [0.1, 0.15) is 0 Å². The van der Waals surface area contributed by atoms with E-state index in [1.54, 1.807) is 60.7 Å². The summed E-state index contributed by atoms with van der Waals surface area (Å²) >= 11 is 0. The number of benzene rings is 10. The van der Waals surface area contributed by atoms with E-state index in [0.717, 1.165) is 89.2 Å². The number of aromatic nitrogens is 2. The Bertz CT molecular complexity index is 4360. The van der Waals surface area contributed by atoms with E-state index in [1.165, 1.54) is 6.07 Å². The lowest BCUT2D eigenvalue weighted by molar-refractivity contribution is -0.137. The highest BCUT2D eigenvalue weighted by atomic mass is 19.4. The zero-order chi connectivity index (χ0) is 52.2. The molecule has 10 aromatic carbocycles. The van der Waals surface area contributed by atoms with Crippen molar-refractivity contribution >= 4 is 43.6 Å². The van der Waals surface area contributed by atoms with Crippen molar-refractivity contribution in [3.05, 3.63) is 240 Å². The van der Waals surface area contributed by atoms with E-state index in [4.69, 9.17) is 0 Å². The second kappa shape index (κ2) is 18.3. The number of fused-ring (bicyclic) bond motifs is 6. The SMILES string of the molecule is N#Cc1ccc(-c2ccc3c(c2)c2cc(-c4ccc(C#N)cc4)ccc2n3-c2ccc(C(F)(F)F)cc2-c2c(C#N)cccc2-n2c3ccc(-c4ccc(C#N)cc4)cc3c3cc(-c4ccc(C#N)cc4)ccc32)cc1. The van der Waals surface area contributed by atoms with Gasteiger partial charge in [-0.05, 0) is 172 Å². The summed E-state index contributed by atoms with van der Waals surface area (Å²) in [6.45, 7) is 0. The van der Waals surface area contributed by atoms with Gasteiger partial charge in [-0.2, -0.15) is 39.5 Å². The summed E-state index contributed by atoms with van der Waals surface area (Å²) < 4.78 is 49.7. The fourth-order valence-electron chi connectivity index (χ4n) is 10.4. The fourth-order valence-corrected chi connectivity index (χ4v) is 10.4. The van der Waals surface area contributed by atoms with Crippen molar-refractivity contribution in [1.29, 1.82) is 26.3 Å². The summed E-state index contributed by atoms with van der Waals surface area (Å²) in [5.74, 6) is 0. The lowest BCUT2D eigenvalue weighted by atomic mass is 9.94. The lowest BCUT2D eigenvalue weighted by Gasteiger charge is -2.21. The average molecular weight is 982 g/mol. The molecule has 0 saturated heterocycles. The Kier molecular flexibility index (Phi) is 11.1. The highest BCUT2D eigenvalue weighted by molar-refractivity contribution is 6.14. The summed E-state index contributed by atoms with van der Waals surface area (Å²) in [7, 11) is 0. The Labute approximate surface area is 433 Å². The van der Waals surface area contributed by atoms with Crippen molar-refractivity contribution in [2.45, 2.75) is 6.18 Å². The third-order valence-corrected chi connectivity index (χ3v) is 14.2. The minimum absolute atomic E-state index is 0.156. The molecule has 0 aliphatic heterocycles. The average Bonchev–Trinajstić information content (AvgIpc) is 4.01. The van der Waals surface area contributed by atoms with Gasteiger partial charge in [-0.15, -0.1) is 0 Å². The van der Waals surface area contributed by atoms with Gasteiger partial charge in [-0.1, -0.05) is 78.9 Å². The van der Waals surface area contributed by atoms with Gasteiger partial charge in [-0.25, -0.2) is 0 Å². The first-order valence-electron chi connectivity index (χ1n) is 24.0. The monoisotopic (exact) mass is 981 g/mol. The second-order valence-electron chi connectivity index (χ2n) is 18.4. The Morgan fingerprint density at radius 1 is 0.316 bits per heavy atom. The molecule has 12 rings (SSSR count). The third-order valence-electron chi connectivity index (χ3n) is 14.2. The Balaban J connectivity index is 1.14. The molecule has 0 atom stereocenters. The van der Waals surface area contributed by atoms with Crippen LogP contribution in [0.15, 0.2) is 206 Å². The Hall–Kier alpha value is -11.0. The van der Waals surface area contributed by atoms with E-state index in [9.17, 15) is 26.3 Å². The number of alkyl halides is 3. The number of nitriles is 5. The van der Waals surface area contributed by atoms with E-state index >= 15 is 13.2 Å². The molecular weight excluding hydrogens is 948 g/mol. The van der Waals surface area contributed by atoms with Gasteiger partial charge >= 0.3 is 6.18 Å². The first kappa shape index (κ1) is 46.1. The van der Waals surface area contributed by atoms with Crippen LogP contribution in [0.5, 0.6) is 0 Å². The van der Waals surface area contributed by atoms with Gasteiger partial charge in [0.15, 0.2) is 0 Å². The van der Waals surface area contributed by atoms with Gasteiger partial charge in [-0.3, -0.25) is 0 Å². The highest BCUT2D eigenvalue weighted by Crippen LogP contribution is 2.46. The standard InChI is InChI=1S/C66H34F3N7/c67-66(68,69)53-24-29-63(75-59-25-20-48(44-12-4-40(35-70)5-13-44)30-54(59)55-31-49(21-26-60(55)75)45-14-6-41(36-71)7-15-45)58(34-53)65-52(39-74)2-1-3-64(65)76-61-27-22-50(46-16-8-42(37-72)9-17-46)32-56(61)57-33-51(23-28-62(57)76)47-18-10-43(38-73)11-19-47/h1-34H. The predicted octanol–water partition coefficient (Wildman–Crippen LogP) is 16.6. The molecule has 0 aliphatic carbocycles. The largest absolute Gasteiger partial charge is 0.416 e. The number of hydrogen-bond donors (Lipinski definition) is 0. The first-order chi connectivity index (χ1) is 37.0. The molecule has 0 aliphatic rings. The molecule has 354 valence electrons. The van der Waals surface area contributed by atoms with Gasteiger partial charge in [0.25, 0.3) is 0 Å². The molecule has 0 saturated carbocycles. The Morgan fingerprint density at radius 2 is 0.645 bits per heavy atom. The normalized spacial score (nSPS) is 11.3. The summed E-state index contributed by atoms with van der Waals surface area (Å²) in [6.07, 6.45) is -4.75. The summed E-state index contributed by atoms with van der Waals surface area (Å²) in [5, 5.41) is 52.6. The molecule has 10 heteroatoms. The maximum absolute atomic E-state index is 15.2. The predicted molar refractivity (Wildman–Crippen MR) is 291 cm³/mol. The number of halogens is 3. The van der Waals surface area contributed by atoms with Gasteiger partial charge < -0.3 is 9.13 Å². The molecule has 7 nitrogen and oxygen atoms in total. The van der Waals surface area contributed by atoms with Crippen LogP contribution in [0.25, 0.3) is 111 Å². The van der Waals surface area contributed by atoms with E-state index in [0.29, 0.717) is 44.7 Å². The fraction of sp³-hybridized carbons (Fsp3) is 0.0152. The lowest BCUT2D eigenvalue weighted by Crippen LogP contribution is -2.08. The molecule has 0 radical (unpaired) electrons. The van der Waals surface area contributed by atoms with Crippen LogP contribution in [-0.4, -0.2) is 9.13 Å². The molecule has 0 unspecified atom stereocenters. The van der Waals surface area contributed by atoms with E-state index in [1.807, 2.05) is 124 Å². The van der Waals surface area contributed by atoms with Crippen LogP contribution in [0.2, 0.25) is 0 Å². The molecule has 0 fully saturated rings. The molecule has 0 bridgehead atoms. The maximum atomic E-state index is 15.2. The molecule has 0 N–H and O–H groups in total. The van der Waals surface area contributed by atoms with Crippen LogP contribution in [0.3, 0.4) is 0 Å².